The third-order valence-electron chi connectivity index (χ3n) is 8.07. The molecule has 10 heteroatoms. The molecule has 0 aliphatic carbocycles. The van der Waals surface area contributed by atoms with Crippen molar-refractivity contribution >= 4 is 39.4 Å². The molecule has 212 valence electrons. The van der Waals surface area contributed by atoms with Gasteiger partial charge in [-0.1, -0.05) is 35.0 Å². The van der Waals surface area contributed by atoms with Crippen LogP contribution in [0.5, 0.6) is 5.75 Å². The predicted molar refractivity (Wildman–Crippen MR) is 150 cm³/mol. The van der Waals surface area contributed by atoms with Gasteiger partial charge < -0.3 is 29.1 Å². The second-order valence-electron chi connectivity index (χ2n) is 10.2. The lowest BCUT2D eigenvalue weighted by atomic mass is 9.70. The number of allylic oxidation sites excluding steroid dienone is 1. The van der Waals surface area contributed by atoms with Crippen LogP contribution < -0.4 is 9.64 Å². The highest BCUT2D eigenvalue weighted by Gasteiger charge is 2.77. The van der Waals surface area contributed by atoms with Gasteiger partial charge in [0.2, 0.25) is 5.91 Å². The number of carbonyl (C=O) groups excluding carboxylic acids is 3. The highest BCUT2D eigenvalue weighted by atomic mass is 79.9. The first kappa shape index (κ1) is 29.3. The molecule has 0 saturated carbocycles. The Hall–Kier alpha value is -2.69. The molecule has 3 aliphatic heterocycles. The second-order valence-corrected chi connectivity index (χ2v) is 11.4. The standard InChI is InChI=1S/C29H37BrN2O7/c1-5-8-9-15-38-28(36)22-23-26(34)32(18(7-3)17-33)25(29(23)16-21(30)24(22)39-29)27(35)31(14-6-2)19-10-12-20(37-4)13-11-19/h5-6,10-13,18,21-25,33H,1-2,7-9,14-17H2,3-4H3/t18-,21?,22-,23-,24-,25?,29?/m0/s1. The molecular formula is C29H37BrN2O7. The Balaban J connectivity index is 1.75. The molecule has 1 aromatic carbocycles. The summed E-state index contributed by atoms with van der Waals surface area (Å²) in [4.78, 5) is 44.7. The third-order valence-corrected chi connectivity index (χ3v) is 8.91. The van der Waals surface area contributed by atoms with Gasteiger partial charge in [0.1, 0.15) is 17.4 Å². The Morgan fingerprint density at radius 1 is 1.31 bits per heavy atom. The lowest BCUT2D eigenvalue weighted by Crippen LogP contribution is -2.59. The number of hydrogen-bond acceptors (Lipinski definition) is 7. The quantitative estimate of drug-likeness (QED) is 0.159. The van der Waals surface area contributed by atoms with Crippen molar-refractivity contribution < 1.29 is 33.7 Å². The number of aliphatic hydroxyl groups is 1. The Kier molecular flexibility index (Phi) is 9.18. The van der Waals surface area contributed by atoms with E-state index >= 15 is 0 Å². The van der Waals surface area contributed by atoms with E-state index in [1.807, 2.05) is 6.92 Å². The van der Waals surface area contributed by atoms with Crippen LogP contribution in [0.25, 0.3) is 0 Å². The molecule has 39 heavy (non-hydrogen) atoms. The van der Waals surface area contributed by atoms with Crippen molar-refractivity contribution in [3.63, 3.8) is 0 Å². The number of hydrogen-bond donors (Lipinski definition) is 1. The van der Waals surface area contributed by atoms with E-state index in [0.29, 0.717) is 37.1 Å². The van der Waals surface area contributed by atoms with Gasteiger partial charge >= 0.3 is 5.97 Å². The van der Waals surface area contributed by atoms with Crippen molar-refractivity contribution in [2.45, 2.75) is 61.2 Å². The molecule has 4 rings (SSSR count). The lowest BCUT2D eigenvalue weighted by molar-refractivity contribution is -0.155. The highest BCUT2D eigenvalue weighted by molar-refractivity contribution is 9.09. The minimum atomic E-state index is -1.24. The van der Waals surface area contributed by atoms with Gasteiger partial charge in [0.25, 0.3) is 5.91 Å². The van der Waals surface area contributed by atoms with Crippen molar-refractivity contribution in [2.24, 2.45) is 11.8 Å². The van der Waals surface area contributed by atoms with Gasteiger partial charge in [-0.05, 0) is 49.9 Å². The van der Waals surface area contributed by atoms with Crippen LogP contribution in [0.2, 0.25) is 0 Å². The summed E-state index contributed by atoms with van der Waals surface area (Å²) in [5, 5.41) is 10.2. The normalized spacial score (nSPS) is 29.6. The van der Waals surface area contributed by atoms with Gasteiger partial charge in [0, 0.05) is 17.1 Å². The highest BCUT2D eigenvalue weighted by Crippen LogP contribution is 2.60. The van der Waals surface area contributed by atoms with E-state index in [1.54, 1.807) is 48.4 Å². The molecule has 3 heterocycles. The number of anilines is 1. The van der Waals surface area contributed by atoms with E-state index in [2.05, 4.69) is 29.1 Å². The number of nitrogens with zero attached hydrogens (tertiary/aromatic N) is 2. The van der Waals surface area contributed by atoms with Crippen LogP contribution in [0, 0.1) is 11.8 Å². The topological polar surface area (TPSA) is 106 Å². The summed E-state index contributed by atoms with van der Waals surface area (Å²) in [6.07, 6.45) is 4.89. The zero-order valence-corrected chi connectivity index (χ0v) is 24.0. The number of unbranched alkanes of at least 4 members (excludes halogenated alkanes) is 1. The maximum absolute atomic E-state index is 14.5. The smallest absolute Gasteiger partial charge is 0.312 e. The minimum absolute atomic E-state index is 0.191. The number of halogens is 1. The summed E-state index contributed by atoms with van der Waals surface area (Å²) in [5.41, 5.74) is -0.641. The van der Waals surface area contributed by atoms with E-state index in [4.69, 9.17) is 14.2 Å². The SMILES string of the molecule is C=CCCCOC(=O)[C@H]1[C@H]2C(=O)N([C@@H](CC)CO)C(C(=O)N(CC=C)c3ccc(OC)cc3)C23CC(Br)[C@@H]1O3. The first-order chi connectivity index (χ1) is 18.8. The number of esters is 1. The van der Waals surface area contributed by atoms with Gasteiger partial charge in [0.15, 0.2) is 0 Å². The fourth-order valence-corrected chi connectivity index (χ4v) is 7.22. The number of methoxy groups -OCH3 is 1. The van der Waals surface area contributed by atoms with Crippen LogP contribution in [0.1, 0.15) is 32.6 Å². The van der Waals surface area contributed by atoms with Gasteiger partial charge in [-0.2, -0.15) is 0 Å². The molecule has 3 unspecified atom stereocenters. The molecule has 3 saturated heterocycles. The van der Waals surface area contributed by atoms with Crippen LogP contribution in [-0.4, -0.2) is 83.3 Å². The van der Waals surface area contributed by atoms with E-state index in [-0.39, 0.29) is 36.4 Å². The Morgan fingerprint density at radius 3 is 2.62 bits per heavy atom. The molecule has 0 aromatic heterocycles. The predicted octanol–water partition coefficient (Wildman–Crippen LogP) is 3.24. The first-order valence-electron chi connectivity index (χ1n) is 13.4. The van der Waals surface area contributed by atoms with Crippen LogP contribution in [0.4, 0.5) is 5.69 Å². The molecule has 9 nitrogen and oxygen atoms in total. The first-order valence-corrected chi connectivity index (χ1v) is 14.3. The number of likely N-dealkylation sites (tertiary alicyclic amines) is 1. The second kappa shape index (κ2) is 12.2. The zero-order valence-electron chi connectivity index (χ0n) is 22.5. The summed E-state index contributed by atoms with van der Waals surface area (Å²) in [5.74, 6) is -2.33. The van der Waals surface area contributed by atoms with Crippen molar-refractivity contribution in [1.29, 1.82) is 0 Å². The average molecular weight is 606 g/mol. The number of benzene rings is 1. The van der Waals surface area contributed by atoms with Crippen LogP contribution in [0.15, 0.2) is 49.6 Å². The van der Waals surface area contributed by atoms with Crippen LogP contribution in [0.3, 0.4) is 0 Å². The summed E-state index contributed by atoms with van der Waals surface area (Å²) in [7, 11) is 1.56. The number of amides is 2. The van der Waals surface area contributed by atoms with Gasteiger partial charge in [-0.25, -0.2) is 0 Å². The molecule has 3 fully saturated rings. The van der Waals surface area contributed by atoms with E-state index < -0.39 is 41.6 Å². The maximum Gasteiger partial charge on any atom is 0.312 e. The number of carbonyl (C=O) groups is 3. The van der Waals surface area contributed by atoms with Crippen LogP contribution >= 0.6 is 15.9 Å². The fourth-order valence-electron chi connectivity index (χ4n) is 6.28. The summed E-state index contributed by atoms with van der Waals surface area (Å²) < 4.78 is 17.4. The Morgan fingerprint density at radius 2 is 2.03 bits per heavy atom. The monoisotopic (exact) mass is 604 g/mol. The molecule has 1 N–H and O–H groups in total. The minimum Gasteiger partial charge on any atom is -0.497 e. The molecule has 1 spiro atoms. The van der Waals surface area contributed by atoms with Crippen molar-refractivity contribution in [3.05, 3.63) is 49.6 Å². The molecule has 0 radical (unpaired) electrons. The van der Waals surface area contributed by atoms with Crippen LogP contribution in [-0.2, 0) is 23.9 Å². The molecule has 3 aliphatic rings. The fraction of sp³-hybridized carbons (Fsp3) is 0.552. The summed E-state index contributed by atoms with van der Waals surface area (Å²) >= 11 is 3.66. The van der Waals surface area contributed by atoms with Gasteiger partial charge in [0.05, 0.1) is 44.3 Å². The van der Waals surface area contributed by atoms with Crippen molar-refractivity contribution in [1.82, 2.24) is 4.90 Å². The molecule has 2 amide bonds. The van der Waals surface area contributed by atoms with Crippen molar-refractivity contribution in [2.75, 3.05) is 31.8 Å². The summed E-state index contributed by atoms with van der Waals surface area (Å²) in [6, 6.07) is 5.38. The lowest BCUT2D eigenvalue weighted by Gasteiger charge is -2.39. The summed E-state index contributed by atoms with van der Waals surface area (Å²) in [6.45, 7) is 9.44. The molecule has 7 atom stereocenters. The number of aliphatic hydroxyl groups excluding tert-OH is 1. The van der Waals surface area contributed by atoms with E-state index in [1.165, 1.54) is 4.90 Å². The number of fused-ring (bicyclic) bond motifs is 1. The zero-order chi connectivity index (χ0) is 28.3. The molecular weight excluding hydrogens is 568 g/mol. The Labute approximate surface area is 237 Å². The van der Waals surface area contributed by atoms with Gasteiger partial charge in [-0.15, -0.1) is 13.2 Å². The van der Waals surface area contributed by atoms with E-state index in [0.717, 1.165) is 0 Å². The average Bonchev–Trinajstić information content (AvgIpc) is 3.54. The Bertz CT molecular complexity index is 1090. The maximum atomic E-state index is 14.5. The molecule has 2 bridgehead atoms. The largest absolute Gasteiger partial charge is 0.497 e. The molecule has 1 aromatic rings. The third kappa shape index (κ3) is 5.02. The number of ether oxygens (including phenoxy) is 3. The van der Waals surface area contributed by atoms with Crippen molar-refractivity contribution in [3.8, 4) is 5.75 Å². The number of rotatable bonds is 13. The number of alkyl halides is 1. The van der Waals surface area contributed by atoms with E-state index in [9.17, 15) is 19.5 Å². The van der Waals surface area contributed by atoms with Gasteiger partial charge in [-0.3, -0.25) is 14.4 Å².